The molecule has 0 radical (unpaired) electrons. The molecular weight excluding hydrogens is 520 g/mol. The summed E-state index contributed by atoms with van der Waals surface area (Å²) in [4.78, 5) is 0. The van der Waals surface area contributed by atoms with Gasteiger partial charge in [0, 0.05) is 35.5 Å². The van der Waals surface area contributed by atoms with Crippen molar-refractivity contribution in [2.24, 2.45) is 11.8 Å². The molecule has 2 heterocycles. The van der Waals surface area contributed by atoms with Gasteiger partial charge >= 0.3 is 0 Å². The third-order valence-electron chi connectivity index (χ3n) is 12.3. The third-order valence-corrected chi connectivity index (χ3v) is 12.3. The molecule has 14 rings (SSSR count). The van der Waals surface area contributed by atoms with Gasteiger partial charge in [-0.25, -0.2) is 0 Å². The molecule has 43 heavy (non-hydrogen) atoms. The summed E-state index contributed by atoms with van der Waals surface area (Å²) in [7, 11) is 0. The van der Waals surface area contributed by atoms with Gasteiger partial charge in [-0.05, 0) is 102 Å². The summed E-state index contributed by atoms with van der Waals surface area (Å²) in [5.74, 6) is 2.43. The number of fused-ring (bicyclic) bond motifs is 6. The molecule has 1 saturated heterocycles. The highest BCUT2D eigenvalue weighted by atomic mass is 16.5. The van der Waals surface area contributed by atoms with Crippen molar-refractivity contribution >= 4 is 10.8 Å². The molecule has 6 bridgehead atoms. The van der Waals surface area contributed by atoms with Crippen molar-refractivity contribution in [1.29, 1.82) is 0 Å². The lowest BCUT2D eigenvalue weighted by molar-refractivity contribution is 0.0533. The second-order valence-corrected chi connectivity index (χ2v) is 13.8. The Kier molecular flexibility index (Phi) is 3.79. The predicted molar refractivity (Wildman–Crippen MR) is 169 cm³/mol. The molecule has 6 aromatic rings. The fraction of sp³-hybridized carbons (Fsp3) is 0.190. The van der Waals surface area contributed by atoms with Gasteiger partial charge in [0.25, 0.3) is 0 Å². The number of hydrogen-bond donors (Lipinski definition) is 0. The van der Waals surface area contributed by atoms with E-state index in [2.05, 4.69) is 121 Å². The molecule has 0 N–H and O–H groups in total. The van der Waals surface area contributed by atoms with Crippen molar-refractivity contribution in [2.75, 3.05) is 0 Å². The zero-order chi connectivity index (χ0) is 27.6. The maximum Gasteiger partial charge on any atom is 0.0878 e. The van der Waals surface area contributed by atoms with Crippen LogP contribution in [0.15, 0.2) is 121 Å². The van der Waals surface area contributed by atoms with Crippen molar-refractivity contribution in [1.82, 2.24) is 0 Å². The van der Waals surface area contributed by atoms with Crippen LogP contribution < -0.4 is 0 Å². The highest BCUT2D eigenvalue weighted by molar-refractivity contribution is 5.89. The number of rotatable bonds is 0. The topological polar surface area (TPSA) is 9.23 Å². The molecule has 6 aliphatic carbocycles. The minimum absolute atomic E-state index is 0.164. The predicted octanol–water partition coefficient (Wildman–Crippen LogP) is 9.48. The Balaban J connectivity index is 1.06. The maximum absolute atomic E-state index is 7.09. The first-order chi connectivity index (χ1) is 21.3. The molecule has 202 valence electrons. The Bertz CT molecular complexity index is 1990. The Hall–Kier alpha value is -4.46. The molecule has 1 heteroatoms. The van der Waals surface area contributed by atoms with Crippen LogP contribution in [0.4, 0.5) is 0 Å². The highest BCUT2D eigenvalue weighted by Crippen LogP contribution is 2.72. The molecule has 0 amide bonds. The summed E-state index contributed by atoms with van der Waals surface area (Å²) in [5.41, 5.74) is 18.0. The van der Waals surface area contributed by atoms with Crippen molar-refractivity contribution < 1.29 is 4.74 Å². The molecular formula is C42H28O. The SMILES string of the molecule is c1ccc2c(c1)C1c3ccccc3C2c2cc3cc4c(cc3cc21)[C@H]1O[C@H]4[C@@H]2C3c4ccccc4C(c4ccccc43)[C@H]21. The van der Waals surface area contributed by atoms with E-state index in [0.29, 0.717) is 35.5 Å². The minimum Gasteiger partial charge on any atom is -0.365 e. The van der Waals surface area contributed by atoms with Gasteiger partial charge in [-0.1, -0.05) is 97.1 Å². The van der Waals surface area contributed by atoms with Crippen molar-refractivity contribution in [3.05, 3.63) is 188 Å². The van der Waals surface area contributed by atoms with Gasteiger partial charge in [-0.2, -0.15) is 0 Å². The quantitative estimate of drug-likeness (QED) is 0.183. The zero-order valence-corrected chi connectivity index (χ0v) is 23.6. The molecule has 6 aromatic carbocycles. The van der Waals surface area contributed by atoms with E-state index in [1.165, 1.54) is 77.5 Å². The largest absolute Gasteiger partial charge is 0.365 e. The first-order valence-electron chi connectivity index (χ1n) is 16.0. The monoisotopic (exact) mass is 548 g/mol. The summed E-state index contributed by atoms with van der Waals surface area (Å²) in [5, 5.41) is 2.74. The van der Waals surface area contributed by atoms with Crippen LogP contribution in [0.3, 0.4) is 0 Å². The maximum atomic E-state index is 7.09. The Labute approximate surface area is 250 Å². The first-order valence-corrected chi connectivity index (χ1v) is 16.0. The van der Waals surface area contributed by atoms with E-state index in [9.17, 15) is 0 Å². The van der Waals surface area contributed by atoms with E-state index >= 15 is 0 Å². The van der Waals surface area contributed by atoms with Crippen LogP contribution in [-0.2, 0) is 4.74 Å². The minimum atomic E-state index is 0.164. The van der Waals surface area contributed by atoms with Crippen LogP contribution in [0.1, 0.15) is 103 Å². The summed E-state index contributed by atoms with van der Waals surface area (Å²) in [6, 6.07) is 46.9. The van der Waals surface area contributed by atoms with E-state index in [1.807, 2.05) is 0 Å². The fourth-order valence-corrected chi connectivity index (χ4v) is 10.9. The number of benzene rings is 6. The van der Waals surface area contributed by atoms with Crippen LogP contribution in [0.2, 0.25) is 0 Å². The van der Waals surface area contributed by atoms with E-state index in [-0.39, 0.29) is 12.2 Å². The summed E-state index contributed by atoms with van der Waals surface area (Å²) >= 11 is 0. The van der Waals surface area contributed by atoms with Gasteiger partial charge in [0.2, 0.25) is 0 Å². The van der Waals surface area contributed by atoms with E-state index in [0.717, 1.165) is 0 Å². The average molecular weight is 549 g/mol. The van der Waals surface area contributed by atoms with Crippen LogP contribution in [0.25, 0.3) is 10.8 Å². The van der Waals surface area contributed by atoms with Crippen molar-refractivity contribution in [3.8, 4) is 0 Å². The van der Waals surface area contributed by atoms with Crippen molar-refractivity contribution in [3.63, 3.8) is 0 Å². The van der Waals surface area contributed by atoms with Gasteiger partial charge in [-0.15, -0.1) is 0 Å². The van der Waals surface area contributed by atoms with Crippen LogP contribution in [0, 0.1) is 11.8 Å². The molecule has 0 spiro atoms. The smallest absolute Gasteiger partial charge is 0.0878 e. The summed E-state index contributed by atoms with van der Waals surface area (Å²) in [6.45, 7) is 0. The molecule has 8 aliphatic rings. The Morgan fingerprint density at radius 1 is 0.326 bits per heavy atom. The van der Waals surface area contributed by atoms with Gasteiger partial charge < -0.3 is 4.74 Å². The summed E-state index contributed by atoms with van der Waals surface area (Å²) in [6.07, 6.45) is 0.329. The standard InChI is InChI=1S/C42H28O/c1-2-10-24-23(9-1)35-25-11-3-4-12-26(25)36(24)32-18-22-20-34-33(19-21(22)17-31(32)35)41-39-37-27-13-5-7-15-29(27)38(40(39)42(34)43-41)30-16-8-6-14-28(30)37/h1-20,35-42H/t35?,36?,37?,38?,39-,40-,41-,42-/m1/s1. The normalized spacial score (nSPS) is 30.2. The van der Waals surface area contributed by atoms with Gasteiger partial charge in [-0.3, -0.25) is 0 Å². The van der Waals surface area contributed by atoms with Gasteiger partial charge in [0.15, 0.2) is 0 Å². The molecule has 0 aromatic heterocycles. The van der Waals surface area contributed by atoms with Crippen LogP contribution >= 0.6 is 0 Å². The third kappa shape index (κ3) is 2.44. The van der Waals surface area contributed by atoms with Gasteiger partial charge in [0.05, 0.1) is 12.2 Å². The molecule has 4 atom stereocenters. The van der Waals surface area contributed by atoms with E-state index < -0.39 is 0 Å². The van der Waals surface area contributed by atoms with Gasteiger partial charge in [0.1, 0.15) is 0 Å². The lowest BCUT2D eigenvalue weighted by atomic mass is 9.50. The molecule has 1 nitrogen and oxygen atoms in total. The lowest BCUT2D eigenvalue weighted by Gasteiger charge is -2.51. The zero-order valence-electron chi connectivity index (χ0n) is 23.6. The fourth-order valence-electron chi connectivity index (χ4n) is 10.9. The Morgan fingerprint density at radius 3 is 0.977 bits per heavy atom. The molecule has 0 saturated carbocycles. The van der Waals surface area contributed by atoms with E-state index in [1.54, 1.807) is 0 Å². The van der Waals surface area contributed by atoms with E-state index in [4.69, 9.17) is 4.74 Å². The first kappa shape index (κ1) is 22.1. The molecule has 2 aliphatic heterocycles. The average Bonchev–Trinajstić information content (AvgIpc) is 3.64. The van der Waals surface area contributed by atoms with Crippen molar-refractivity contribution in [2.45, 2.75) is 35.9 Å². The van der Waals surface area contributed by atoms with Crippen LogP contribution in [-0.4, -0.2) is 0 Å². The second-order valence-electron chi connectivity index (χ2n) is 13.8. The Morgan fingerprint density at radius 2 is 0.628 bits per heavy atom. The second kappa shape index (κ2) is 7.36. The summed E-state index contributed by atoms with van der Waals surface area (Å²) < 4.78 is 7.09. The highest BCUT2D eigenvalue weighted by Gasteiger charge is 2.63. The lowest BCUT2D eigenvalue weighted by Crippen LogP contribution is -2.42. The molecule has 1 fully saturated rings. The number of ether oxygens (including phenoxy) is 1. The van der Waals surface area contributed by atoms with Crippen LogP contribution in [0.5, 0.6) is 0 Å². The molecule has 0 unspecified atom stereocenters. The number of hydrogen-bond acceptors (Lipinski definition) is 1.